The Morgan fingerprint density at radius 1 is 1.39 bits per heavy atom. The third kappa shape index (κ3) is 4.80. The van der Waals surface area contributed by atoms with Crippen LogP contribution >= 0.6 is 0 Å². The summed E-state index contributed by atoms with van der Waals surface area (Å²) in [5, 5.41) is 14.5. The molecule has 1 amide bonds. The van der Waals surface area contributed by atoms with Crippen LogP contribution in [0.25, 0.3) is 0 Å². The molecule has 0 radical (unpaired) electrons. The van der Waals surface area contributed by atoms with Gasteiger partial charge in [0.1, 0.15) is 11.6 Å². The number of aromatic nitrogens is 2. The van der Waals surface area contributed by atoms with Gasteiger partial charge in [-0.3, -0.25) is 5.32 Å². The molecule has 1 atom stereocenters. The fourth-order valence-corrected chi connectivity index (χ4v) is 3.21. The third-order valence-corrected chi connectivity index (χ3v) is 4.52. The summed E-state index contributed by atoms with van der Waals surface area (Å²) < 4.78 is 5.20. The van der Waals surface area contributed by atoms with E-state index in [1.807, 2.05) is 6.07 Å². The highest BCUT2D eigenvalue weighted by molar-refractivity contribution is 5.86. The predicted octanol–water partition coefficient (Wildman–Crippen LogP) is 2.81. The molecule has 28 heavy (non-hydrogen) atoms. The molecule has 2 aromatic rings. The van der Waals surface area contributed by atoms with Crippen molar-refractivity contribution in [3.05, 3.63) is 30.0 Å². The molecular formula is C19H26N6O3. The Morgan fingerprint density at radius 2 is 2.21 bits per heavy atom. The Labute approximate surface area is 163 Å². The van der Waals surface area contributed by atoms with Gasteiger partial charge >= 0.3 is 6.09 Å². The minimum absolute atomic E-state index is 0.159. The van der Waals surface area contributed by atoms with Crippen LogP contribution in [0.3, 0.4) is 0 Å². The molecule has 1 aliphatic heterocycles. The highest BCUT2D eigenvalue weighted by Gasteiger charge is 2.21. The van der Waals surface area contributed by atoms with E-state index in [-0.39, 0.29) is 6.04 Å². The smallest absolute Gasteiger partial charge is 0.409 e. The van der Waals surface area contributed by atoms with Gasteiger partial charge in [0.05, 0.1) is 12.8 Å². The molecule has 1 aromatic carbocycles. The molecule has 0 saturated carbocycles. The zero-order valence-electron chi connectivity index (χ0n) is 16.1. The van der Waals surface area contributed by atoms with Gasteiger partial charge in [0.2, 0.25) is 5.95 Å². The molecule has 0 unspecified atom stereocenters. The van der Waals surface area contributed by atoms with Crippen molar-refractivity contribution in [2.75, 3.05) is 35.7 Å². The van der Waals surface area contributed by atoms with Crippen LogP contribution < -0.4 is 26.0 Å². The summed E-state index contributed by atoms with van der Waals surface area (Å²) in [4.78, 5) is 22.4. The fraction of sp³-hybridized carbons (Fsp3) is 0.421. The Morgan fingerprint density at radius 3 is 2.86 bits per heavy atom. The lowest BCUT2D eigenvalue weighted by Crippen LogP contribution is -2.27. The van der Waals surface area contributed by atoms with Gasteiger partial charge in [0.25, 0.3) is 0 Å². The highest BCUT2D eigenvalue weighted by atomic mass is 16.5. The first kappa shape index (κ1) is 19.7. The van der Waals surface area contributed by atoms with Crippen molar-refractivity contribution in [3.8, 4) is 5.75 Å². The summed E-state index contributed by atoms with van der Waals surface area (Å²) in [6.07, 6.45) is 1.60. The second-order valence-corrected chi connectivity index (χ2v) is 6.76. The average Bonchev–Trinajstić information content (AvgIpc) is 3.08. The molecule has 1 aromatic heterocycles. The number of nitrogens with zero attached hydrogens (tertiary/aromatic N) is 3. The van der Waals surface area contributed by atoms with E-state index in [1.165, 1.54) is 7.11 Å². The Bertz CT molecular complexity index is 844. The van der Waals surface area contributed by atoms with Crippen LogP contribution in [0.2, 0.25) is 0 Å². The van der Waals surface area contributed by atoms with E-state index in [9.17, 15) is 4.79 Å². The number of carbonyl (C=O) groups is 1. The van der Waals surface area contributed by atoms with Crippen LogP contribution in [0.5, 0.6) is 5.75 Å². The van der Waals surface area contributed by atoms with E-state index in [4.69, 9.17) is 15.6 Å². The lowest BCUT2D eigenvalue weighted by atomic mass is 10.2. The van der Waals surface area contributed by atoms with Crippen LogP contribution in [0, 0.1) is 0 Å². The predicted molar refractivity (Wildman–Crippen MR) is 109 cm³/mol. The number of aryl methyl sites for hydroxylation is 1. The topological polar surface area (TPSA) is 126 Å². The van der Waals surface area contributed by atoms with E-state index in [1.54, 1.807) is 18.2 Å². The van der Waals surface area contributed by atoms with Crippen LogP contribution in [0.15, 0.2) is 24.3 Å². The molecular weight excluding hydrogens is 360 g/mol. The van der Waals surface area contributed by atoms with Gasteiger partial charge in [0, 0.05) is 36.6 Å². The lowest BCUT2D eigenvalue weighted by Gasteiger charge is -2.19. The molecule has 2 heterocycles. The van der Waals surface area contributed by atoms with Crippen molar-refractivity contribution in [2.45, 2.75) is 32.2 Å². The highest BCUT2D eigenvalue weighted by Crippen LogP contribution is 2.29. The molecule has 1 saturated heterocycles. The number of ether oxygens (including phenoxy) is 1. The van der Waals surface area contributed by atoms with Crippen LogP contribution in [0.4, 0.5) is 27.9 Å². The molecule has 0 bridgehead atoms. The van der Waals surface area contributed by atoms with Crippen molar-refractivity contribution in [1.82, 2.24) is 9.97 Å². The SMILES string of the molecule is CCCc1cc(N2CC[C@H](N)C2)nc(Nc2ccc(OC)c(NC(=O)O)c2)n1. The number of rotatable bonds is 7. The van der Waals surface area contributed by atoms with Crippen LogP contribution in [-0.4, -0.2) is 47.4 Å². The van der Waals surface area contributed by atoms with Gasteiger partial charge in [-0.15, -0.1) is 0 Å². The molecule has 0 spiro atoms. The monoisotopic (exact) mass is 386 g/mol. The summed E-state index contributed by atoms with van der Waals surface area (Å²) in [6, 6.07) is 7.29. The number of amides is 1. The number of nitrogens with one attached hydrogen (secondary N) is 2. The van der Waals surface area contributed by atoms with E-state index < -0.39 is 6.09 Å². The van der Waals surface area contributed by atoms with Gasteiger partial charge in [-0.25, -0.2) is 9.78 Å². The minimum atomic E-state index is -1.16. The van der Waals surface area contributed by atoms with Crippen molar-refractivity contribution < 1.29 is 14.6 Å². The summed E-state index contributed by atoms with van der Waals surface area (Å²) in [6.45, 7) is 3.75. The van der Waals surface area contributed by atoms with Crippen molar-refractivity contribution in [2.24, 2.45) is 5.73 Å². The molecule has 1 fully saturated rings. The van der Waals surface area contributed by atoms with E-state index in [0.29, 0.717) is 23.1 Å². The maximum atomic E-state index is 11.0. The van der Waals surface area contributed by atoms with Gasteiger partial charge in [-0.2, -0.15) is 4.98 Å². The standard InChI is InChI=1S/C19H26N6O3/c1-3-4-13-10-17(25-8-7-12(20)11-25)24-18(21-13)22-14-5-6-16(28-2)15(9-14)23-19(26)27/h5-6,9-10,12,23H,3-4,7-8,11,20H2,1-2H3,(H,26,27)(H,21,22,24)/t12-/m0/s1. The molecule has 9 heteroatoms. The zero-order valence-corrected chi connectivity index (χ0v) is 16.1. The number of benzene rings is 1. The molecule has 1 aliphatic rings. The summed E-state index contributed by atoms with van der Waals surface area (Å²) in [5.41, 5.74) is 7.99. The fourth-order valence-electron chi connectivity index (χ4n) is 3.21. The molecule has 0 aliphatic carbocycles. The Hall–Kier alpha value is -3.07. The van der Waals surface area contributed by atoms with E-state index in [0.717, 1.165) is 43.9 Å². The normalized spacial score (nSPS) is 16.1. The third-order valence-electron chi connectivity index (χ3n) is 4.52. The number of methoxy groups -OCH3 is 1. The number of nitrogens with two attached hydrogens (primary N) is 1. The largest absolute Gasteiger partial charge is 0.495 e. The summed E-state index contributed by atoms with van der Waals surface area (Å²) >= 11 is 0. The molecule has 9 nitrogen and oxygen atoms in total. The number of hydrogen-bond donors (Lipinski definition) is 4. The van der Waals surface area contributed by atoms with Crippen molar-refractivity contribution in [1.29, 1.82) is 0 Å². The van der Waals surface area contributed by atoms with Gasteiger partial charge in [0.15, 0.2) is 0 Å². The quantitative estimate of drug-likeness (QED) is 0.572. The second-order valence-electron chi connectivity index (χ2n) is 6.76. The van der Waals surface area contributed by atoms with Gasteiger partial charge in [-0.05, 0) is 31.0 Å². The van der Waals surface area contributed by atoms with Crippen LogP contribution in [-0.2, 0) is 6.42 Å². The van der Waals surface area contributed by atoms with Crippen molar-refractivity contribution >= 4 is 29.2 Å². The van der Waals surface area contributed by atoms with Crippen LogP contribution in [0.1, 0.15) is 25.5 Å². The molecule has 150 valence electrons. The second kappa shape index (κ2) is 8.75. The van der Waals surface area contributed by atoms with E-state index >= 15 is 0 Å². The molecule has 5 N–H and O–H groups in total. The first-order valence-electron chi connectivity index (χ1n) is 9.32. The first-order chi connectivity index (χ1) is 13.5. The van der Waals surface area contributed by atoms with Crippen molar-refractivity contribution in [3.63, 3.8) is 0 Å². The number of carboxylic acid groups (broad SMARTS) is 1. The number of hydrogen-bond acceptors (Lipinski definition) is 7. The summed E-state index contributed by atoms with van der Waals surface area (Å²) in [7, 11) is 1.49. The minimum Gasteiger partial charge on any atom is -0.495 e. The average molecular weight is 386 g/mol. The first-order valence-corrected chi connectivity index (χ1v) is 9.32. The van der Waals surface area contributed by atoms with Gasteiger partial charge < -0.3 is 25.8 Å². The lowest BCUT2D eigenvalue weighted by molar-refractivity contribution is 0.209. The Kier molecular flexibility index (Phi) is 6.15. The zero-order chi connectivity index (χ0) is 20.1. The van der Waals surface area contributed by atoms with E-state index in [2.05, 4.69) is 32.4 Å². The number of anilines is 4. The maximum Gasteiger partial charge on any atom is 0.409 e. The Balaban J connectivity index is 1.88. The maximum absolute atomic E-state index is 11.0. The summed E-state index contributed by atoms with van der Waals surface area (Å²) in [5.74, 6) is 1.75. The molecule has 3 rings (SSSR count). The van der Waals surface area contributed by atoms with Gasteiger partial charge in [-0.1, -0.05) is 13.3 Å².